The van der Waals surface area contributed by atoms with E-state index in [0.29, 0.717) is 17.5 Å². The van der Waals surface area contributed by atoms with Crippen LogP contribution in [0.1, 0.15) is 40.0 Å². The first-order valence-corrected chi connectivity index (χ1v) is 7.96. The molecule has 1 aliphatic carbocycles. The minimum Gasteiger partial charge on any atom is -0.312 e. The zero-order chi connectivity index (χ0) is 14.1. The second-order valence-electron chi connectivity index (χ2n) is 5.06. The van der Waals surface area contributed by atoms with Gasteiger partial charge < -0.3 is 5.32 Å². The van der Waals surface area contributed by atoms with Gasteiger partial charge in [-0.3, -0.25) is 0 Å². The van der Waals surface area contributed by atoms with Gasteiger partial charge in [0.05, 0.1) is 10.7 Å². The van der Waals surface area contributed by atoms with Crippen LogP contribution in [0.25, 0.3) is 0 Å². The summed E-state index contributed by atoms with van der Waals surface area (Å²) in [4.78, 5) is 6.09. The first-order chi connectivity index (χ1) is 9.67. The standard InChI is InChI=1S/C15H16ClFN2S/c1-18-12-3-2-4-13-15(12)20-14(19-13)7-9-5-6-10(17)8-11(9)16/h5-6,8,12,18H,2-4,7H2,1H3. The van der Waals surface area contributed by atoms with Gasteiger partial charge in [-0.25, -0.2) is 9.37 Å². The molecule has 0 bridgehead atoms. The Morgan fingerprint density at radius 1 is 1.50 bits per heavy atom. The summed E-state index contributed by atoms with van der Waals surface area (Å²) >= 11 is 7.84. The zero-order valence-electron chi connectivity index (χ0n) is 11.2. The van der Waals surface area contributed by atoms with E-state index in [-0.39, 0.29) is 5.82 Å². The molecule has 5 heteroatoms. The van der Waals surface area contributed by atoms with E-state index in [0.717, 1.165) is 17.0 Å². The fourth-order valence-corrected chi connectivity index (χ4v) is 4.16. The molecule has 1 N–H and O–H groups in total. The molecule has 0 aliphatic heterocycles. The molecule has 1 atom stereocenters. The lowest BCUT2D eigenvalue weighted by Gasteiger charge is -2.20. The lowest BCUT2D eigenvalue weighted by molar-refractivity contribution is 0.501. The van der Waals surface area contributed by atoms with Gasteiger partial charge in [0.15, 0.2) is 0 Å². The maximum absolute atomic E-state index is 13.1. The Kier molecular flexibility index (Phi) is 4.06. The molecule has 1 aliphatic rings. The second-order valence-corrected chi connectivity index (χ2v) is 6.59. The fourth-order valence-electron chi connectivity index (χ4n) is 2.65. The number of nitrogens with one attached hydrogen (secondary N) is 1. The number of hydrogen-bond acceptors (Lipinski definition) is 3. The van der Waals surface area contributed by atoms with Gasteiger partial charge in [0.1, 0.15) is 5.82 Å². The summed E-state index contributed by atoms with van der Waals surface area (Å²) in [5.74, 6) is -0.299. The summed E-state index contributed by atoms with van der Waals surface area (Å²) < 4.78 is 13.1. The van der Waals surface area contributed by atoms with Crippen molar-refractivity contribution in [2.24, 2.45) is 0 Å². The quantitative estimate of drug-likeness (QED) is 0.922. The van der Waals surface area contributed by atoms with Gasteiger partial charge in [0.25, 0.3) is 0 Å². The molecule has 1 aromatic carbocycles. The molecule has 2 aromatic rings. The third-order valence-electron chi connectivity index (χ3n) is 3.70. The van der Waals surface area contributed by atoms with Gasteiger partial charge >= 0.3 is 0 Å². The third kappa shape index (κ3) is 2.73. The molecule has 2 nitrogen and oxygen atoms in total. The van der Waals surface area contributed by atoms with Gasteiger partial charge in [0.2, 0.25) is 0 Å². The van der Waals surface area contributed by atoms with E-state index in [4.69, 9.17) is 16.6 Å². The molecule has 0 saturated heterocycles. The Bertz CT molecular complexity index is 626. The molecule has 20 heavy (non-hydrogen) atoms. The number of benzene rings is 1. The van der Waals surface area contributed by atoms with E-state index in [1.807, 2.05) is 7.05 Å². The van der Waals surface area contributed by atoms with Gasteiger partial charge in [-0.2, -0.15) is 0 Å². The topological polar surface area (TPSA) is 24.9 Å². The Balaban J connectivity index is 1.87. The summed E-state index contributed by atoms with van der Waals surface area (Å²) in [6, 6.07) is 4.98. The minimum absolute atomic E-state index is 0.299. The number of nitrogens with zero attached hydrogens (tertiary/aromatic N) is 1. The van der Waals surface area contributed by atoms with Crippen molar-refractivity contribution in [2.75, 3.05) is 7.05 Å². The molecule has 0 fully saturated rings. The number of thiazole rings is 1. The smallest absolute Gasteiger partial charge is 0.124 e. The summed E-state index contributed by atoms with van der Waals surface area (Å²) in [5, 5.41) is 4.89. The monoisotopic (exact) mass is 310 g/mol. The lowest BCUT2D eigenvalue weighted by Crippen LogP contribution is -2.19. The lowest BCUT2D eigenvalue weighted by atomic mass is 9.98. The predicted octanol–water partition coefficient (Wildman–Crippen LogP) is 4.12. The van der Waals surface area contributed by atoms with Gasteiger partial charge in [-0.1, -0.05) is 17.7 Å². The summed E-state index contributed by atoms with van der Waals surface area (Å²) in [6.45, 7) is 0. The fraction of sp³-hybridized carbons (Fsp3) is 0.400. The average molecular weight is 311 g/mol. The highest BCUT2D eigenvalue weighted by Gasteiger charge is 2.23. The van der Waals surface area contributed by atoms with Crippen molar-refractivity contribution in [1.29, 1.82) is 0 Å². The second kappa shape index (κ2) is 5.80. The molecule has 0 amide bonds. The summed E-state index contributed by atoms with van der Waals surface area (Å²) in [6.07, 6.45) is 4.08. The number of halogens is 2. The summed E-state index contributed by atoms with van der Waals surface area (Å²) in [7, 11) is 2.00. The van der Waals surface area contributed by atoms with Crippen LogP contribution < -0.4 is 5.32 Å². The van der Waals surface area contributed by atoms with Gasteiger partial charge in [0, 0.05) is 22.4 Å². The van der Waals surface area contributed by atoms with Crippen LogP contribution in [-0.2, 0) is 12.8 Å². The molecule has 3 rings (SSSR count). The Hall–Kier alpha value is -0.970. The minimum atomic E-state index is -0.299. The van der Waals surface area contributed by atoms with E-state index in [1.165, 1.54) is 35.5 Å². The van der Waals surface area contributed by atoms with Crippen molar-refractivity contribution in [3.05, 3.63) is 50.2 Å². The van der Waals surface area contributed by atoms with Crippen LogP contribution in [0.3, 0.4) is 0 Å². The maximum atomic E-state index is 13.1. The number of rotatable bonds is 3. The van der Waals surface area contributed by atoms with Crippen LogP contribution in [0, 0.1) is 5.82 Å². The molecule has 1 unspecified atom stereocenters. The molecule has 0 spiro atoms. The molecular weight excluding hydrogens is 295 g/mol. The molecule has 1 heterocycles. The summed E-state index contributed by atoms with van der Waals surface area (Å²) in [5.41, 5.74) is 2.15. The molecule has 106 valence electrons. The van der Waals surface area contributed by atoms with Crippen molar-refractivity contribution < 1.29 is 4.39 Å². The van der Waals surface area contributed by atoms with Crippen molar-refractivity contribution in [1.82, 2.24) is 10.3 Å². The van der Waals surface area contributed by atoms with Crippen molar-refractivity contribution in [2.45, 2.75) is 31.7 Å². The number of aromatic nitrogens is 1. The van der Waals surface area contributed by atoms with Crippen molar-refractivity contribution >= 4 is 22.9 Å². The van der Waals surface area contributed by atoms with E-state index in [1.54, 1.807) is 17.4 Å². The molecule has 0 saturated carbocycles. The van der Waals surface area contributed by atoms with Gasteiger partial charge in [-0.05, 0) is 44.0 Å². The van der Waals surface area contributed by atoms with Crippen molar-refractivity contribution in [3.8, 4) is 0 Å². The van der Waals surface area contributed by atoms with Crippen LogP contribution >= 0.6 is 22.9 Å². The zero-order valence-corrected chi connectivity index (χ0v) is 12.8. The van der Waals surface area contributed by atoms with E-state index < -0.39 is 0 Å². The predicted molar refractivity (Wildman–Crippen MR) is 81.1 cm³/mol. The first kappa shape index (κ1) is 14.0. The highest BCUT2D eigenvalue weighted by atomic mass is 35.5. The third-order valence-corrected chi connectivity index (χ3v) is 5.26. The van der Waals surface area contributed by atoms with Crippen LogP contribution in [-0.4, -0.2) is 12.0 Å². The van der Waals surface area contributed by atoms with Crippen LogP contribution in [0.4, 0.5) is 4.39 Å². The number of aryl methyl sites for hydroxylation is 1. The number of hydrogen-bond donors (Lipinski definition) is 1. The molecule has 0 radical (unpaired) electrons. The molecule has 1 aromatic heterocycles. The Labute approximate surface area is 127 Å². The van der Waals surface area contributed by atoms with Crippen LogP contribution in [0.15, 0.2) is 18.2 Å². The molecular formula is C15H16ClFN2S. The first-order valence-electron chi connectivity index (χ1n) is 6.77. The van der Waals surface area contributed by atoms with E-state index >= 15 is 0 Å². The van der Waals surface area contributed by atoms with Crippen LogP contribution in [0.2, 0.25) is 5.02 Å². The average Bonchev–Trinajstić information content (AvgIpc) is 2.84. The highest BCUT2D eigenvalue weighted by molar-refractivity contribution is 7.11. The van der Waals surface area contributed by atoms with Crippen LogP contribution in [0.5, 0.6) is 0 Å². The van der Waals surface area contributed by atoms with Gasteiger partial charge in [-0.15, -0.1) is 11.3 Å². The SMILES string of the molecule is CNC1CCCc2nc(Cc3ccc(F)cc3Cl)sc21. The number of fused-ring (bicyclic) bond motifs is 1. The van der Waals surface area contributed by atoms with Crippen molar-refractivity contribution in [3.63, 3.8) is 0 Å². The van der Waals surface area contributed by atoms with E-state index in [2.05, 4.69) is 5.32 Å². The Morgan fingerprint density at radius 3 is 3.10 bits per heavy atom. The maximum Gasteiger partial charge on any atom is 0.124 e. The highest BCUT2D eigenvalue weighted by Crippen LogP contribution is 2.35. The largest absolute Gasteiger partial charge is 0.312 e. The normalized spacial score (nSPS) is 18.1. The Morgan fingerprint density at radius 2 is 2.35 bits per heavy atom. The van der Waals surface area contributed by atoms with E-state index in [9.17, 15) is 4.39 Å².